The van der Waals surface area contributed by atoms with Crippen LogP contribution in [-0.2, 0) is 17.9 Å². The Morgan fingerprint density at radius 2 is 2.47 bits per heavy atom. The van der Waals surface area contributed by atoms with Crippen LogP contribution < -0.4 is 11.1 Å². The monoisotopic (exact) mass is 208 g/mol. The van der Waals surface area contributed by atoms with Gasteiger partial charge in [-0.2, -0.15) is 0 Å². The van der Waals surface area contributed by atoms with Crippen LogP contribution in [0.25, 0.3) is 0 Å². The summed E-state index contributed by atoms with van der Waals surface area (Å²) >= 11 is 0. The van der Waals surface area contributed by atoms with Gasteiger partial charge in [0.1, 0.15) is 6.54 Å². The number of imidazole rings is 1. The van der Waals surface area contributed by atoms with Gasteiger partial charge in [-0.3, -0.25) is 4.79 Å². The van der Waals surface area contributed by atoms with Crippen LogP contribution in [-0.4, -0.2) is 22.0 Å². The van der Waals surface area contributed by atoms with Gasteiger partial charge in [-0.1, -0.05) is 0 Å². The Morgan fingerprint density at radius 1 is 1.67 bits per heavy atom. The number of hydrogen-bond acceptors (Lipinski definition) is 3. The highest BCUT2D eigenvalue weighted by Gasteiger charge is 2.21. The second-order valence-corrected chi connectivity index (χ2v) is 3.99. The summed E-state index contributed by atoms with van der Waals surface area (Å²) in [5, 5.41) is 2.90. The second-order valence-electron chi connectivity index (χ2n) is 3.99. The largest absolute Gasteiger partial charge is 0.354 e. The zero-order chi connectivity index (χ0) is 10.7. The van der Waals surface area contributed by atoms with Gasteiger partial charge in [-0.25, -0.2) is 4.98 Å². The predicted molar refractivity (Wildman–Crippen MR) is 55.9 cm³/mol. The van der Waals surface area contributed by atoms with Crippen molar-refractivity contribution in [2.75, 3.05) is 6.54 Å². The zero-order valence-electron chi connectivity index (χ0n) is 8.65. The lowest BCUT2D eigenvalue weighted by Crippen LogP contribution is -2.28. The molecule has 15 heavy (non-hydrogen) atoms. The third kappa shape index (κ3) is 3.06. The first-order valence-electron chi connectivity index (χ1n) is 5.25. The molecule has 1 aliphatic rings. The maximum absolute atomic E-state index is 11.5. The first kappa shape index (κ1) is 10.2. The zero-order valence-corrected chi connectivity index (χ0v) is 8.65. The van der Waals surface area contributed by atoms with E-state index in [0.29, 0.717) is 13.1 Å². The van der Waals surface area contributed by atoms with Gasteiger partial charge in [0.2, 0.25) is 5.91 Å². The van der Waals surface area contributed by atoms with Gasteiger partial charge < -0.3 is 15.6 Å². The Bertz CT molecular complexity index is 343. The average Bonchev–Trinajstić information content (AvgIpc) is 2.96. The topological polar surface area (TPSA) is 72.9 Å². The third-order valence-electron chi connectivity index (χ3n) is 2.51. The van der Waals surface area contributed by atoms with Crippen molar-refractivity contribution >= 4 is 5.91 Å². The lowest BCUT2D eigenvalue weighted by Gasteiger charge is -2.03. The molecule has 1 saturated carbocycles. The molecule has 0 bridgehead atoms. The molecule has 1 fully saturated rings. The molecule has 2 rings (SSSR count). The second kappa shape index (κ2) is 4.44. The fourth-order valence-corrected chi connectivity index (χ4v) is 1.40. The van der Waals surface area contributed by atoms with E-state index in [1.165, 1.54) is 12.8 Å². The highest BCUT2D eigenvalue weighted by atomic mass is 16.1. The maximum atomic E-state index is 11.5. The molecule has 0 atom stereocenters. The molecule has 0 radical (unpaired) electrons. The lowest BCUT2D eigenvalue weighted by molar-refractivity contribution is -0.121. The molecule has 1 heterocycles. The molecule has 5 nitrogen and oxygen atoms in total. The highest BCUT2D eigenvalue weighted by Crippen LogP contribution is 2.27. The molecule has 0 spiro atoms. The minimum absolute atomic E-state index is 0.0443. The van der Waals surface area contributed by atoms with E-state index in [1.807, 2.05) is 0 Å². The van der Waals surface area contributed by atoms with E-state index in [1.54, 1.807) is 17.1 Å². The fourth-order valence-electron chi connectivity index (χ4n) is 1.40. The molecule has 1 amide bonds. The number of carbonyl (C=O) groups is 1. The Morgan fingerprint density at radius 3 is 3.07 bits per heavy atom. The number of nitrogens with zero attached hydrogens (tertiary/aromatic N) is 2. The van der Waals surface area contributed by atoms with E-state index in [4.69, 9.17) is 5.73 Å². The molecule has 1 aromatic rings. The van der Waals surface area contributed by atoms with Gasteiger partial charge in [-0.05, 0) is 18.8 Å². The van der Waals surface area contributed by atoms with Crippen molar-refractivity contribution < 1.29 is 4.79 Å². The summed E-state index contributed by atoms with van der Waals surface area (Å²) in [6.07, 6.45) is 5.95. The number of nitrogens with one attached hydrogen (secondary N) is 1. The summed E-state index contributed by atoms with van der Waals surface area (Å²) in [6, 6.07) is 0. The molecular weight excluding hydrogens is 192 g/mol. The van der Waals surface area contributed by atoms with Gasteiger partial charge in [0.05, 0.1) is 12.0 Å². The fraction of sp³-hybridized carbons (Fsp3) is 0.600. The number of rotatable bonds is 5. The average molecular weight is 208 g/mol. The quantitative estimate of drug-likeness (QED) is 0.708. The molecule has 0 unspecified atom stereocenters. The summed E-state index contributed by atoms with van der Waals surface area (Å²) in [6.45, 7) is 1.56. The van der Waals surface area contributed by atoms with Crippen molar-refractivity contribution in [3.63, 3.8) is 0 Å². The standard InChI is InChI=1S/C10H16N4O/c11-3-9-5-14(7-13-9)6-10(15)12-4-8-1-2-8/h5,7-8H,1-4,6,11H2,(H,12,15). The maximum Gasteiger partial charge on any atom is 0.239 e. The predicted octanol–water partition coefficient (Wildman–Crippen LogP) is -0.132. The molecule has 1 aromatic heterocycles. The van der Waals surface area contributed by atoms with E-state index in [-0.39, 0.29) is 5.91 Å². The summed E-state index contributed by atoms with van der Waals surface area (Å²) in [7, 11) is 0. The Kier molecular flexibility index (Phi) is 3.01. The molecule has 1 aliphatic carbocycles. The Hall–Kier alpha value is -1.36. The molecular formula is C10H16N4O. The Labute approximate surface area is 88.7 Å². The summed E-state index contributed by atoms with van der Waals surface area (Å²) in [4.78, 5) is 15.5. The van der Waals surface area contributed by atoms with Crippen molar-refractivity contribution in [2.24, 2.45) is 11.7 Å². The summed E-state index contributed by atoms with van der Waals surface area (Å²) in [5.74, 6) is 0.763. The van der Waals surface area contributed by atoms with Crippen molar-refractivity contribution in [3.8, 4) is 0 Å². The van der Waals surface area contributed by atoms with Gasteiger partial charge in [0, 0.05) is 19.3 Å². The van der Waals surface area contributed by atoms with Gasteiger partial charge in [0.25, 0.3) is 0 Å². The normalized spacial score (nSPS) is 15.3. The van der Waals surface area contributed by atoms with Crippen LogP contribution in [0.15, 0.2) is 12.5 Å². The van der Waals surface area contributed by atoms with Crippen molar-refractivity contribution in [1.29, 1.82) is 0 Å². The molecule has 82 valence electrons. The summed E-state index contributed by atoms with van der Waals surface area (Å²) in [5.41, 5.74) is 6.23. The van der Waals surface area contributed by atoms with Crippen LogP contribution in [0, 0.1) is 5.92 Å². The SMILES string of the molecule is NCc1cn(CC(=O)NCC2CC2)cn1. The van der Waals surface area contributed by atoms with E-state index < -0.39 is 0 Å². The molecule has 5 heteroatoms. The van der Waals surface area contributed by atoms with E-state index in [2.05, 4.69) is 10.3 Å². The Balaban J connectivity index is 1.76. The smallest absolute Gasteiger partial charge is 0.239 e. The van der Waals surface area contributed by atoms with E-state index in [0.717, 1.165) is 18.2 Å². The number of hydrogen-bond donors (Lipinski definition) is 2. The minimum atomic E-state index is 0.0443. The first-order valence-corrected chi connectivity index (χ1v) is 5.25. The van der Waals surface area contributed by atoms with Crippen LogP contribution in [0.5, 0.6) is 0 Å². The van der Waals surface area contributed by atoms with Crippen molar-refractivity contribution in [2.45, 2.75) is 25.9 Å². The van der Waals surface area contributed by atoms with Gasteiger partial charge in [-0.15, -0.1) is 0 Å². The van der Waals surface area contributed by atoms with Crippen LogP contribution in [0.2, 0.25) is 0 Å². The van der Waals surface area contributed by atoms with Gasteiger partial charge >= 0.3 is 0 Å². The third-order valence-corrected chi connectivity index (χ3v) is 2.51. The molecule has 3 N–H and O–H groups in total. The molecule has 0 aliphatic heterocycles. The lowest BCUT2D eigenvalue weighted by atomic mass is 10.4. The number of nitrogens with two attached hydrogens (primary N) is 1. The van der Waals surface area contributed by atoms with E-state index in [9.17, 15) is 4.79 Å². The highest BCUT2D eigenvalue weighted by molar-refractivity contribution is 5.75. The number of carbonyl (C=O) groups excluding carboxylic acids is 1. The van der Waals surface area contributed by atoms with E-state index >= 15 is 0 Å². The minimum Gasteiger partial charge on any atom is -0.354 e. The van der Waals surface area contributed by atoms with Crippen molar-refractivity contribution in [1.82, 2.24) is 14.9 Å². The van der Waals surface area contributed by atoms with Crippen LogP contribution >= 0.6 is 0 Å². The van der Waals surface area contributed by atoms with Crippen LogP contribution in [0.3, 0.4) is 0 Å². The van der Waals surface area contributed by atoms with Crippen LogP contribution in [0.1, 0.15) is 18.5 Å². The number of aromatic nitrogens is 2. The molecule has 0 aromatic carbocycles. The van der Waals surface area contributed by atoms with Gasteiger partial charge in [0.15, 0.2) is 0 Å². The molecule has 0 saturated heterocycles. The first-order chi connectivity index (χ1) is 7.28. The van der Waals surface area contributed by atoms with Crippen LogP contribution in [0.4, 0.5) is 0 Å². The summed E-state index contributed by atoms with van der Waals surface area (Å²) < 4.78 is 1.75. The van der Waals surface area contributed by atoms with Crippen molar-refractivity contribution in [3.05, 3.63) is 18.2 Å². The number of amides is 1.